The third-order valence-electron chi connectivity index (χ3n) is 4.15. The lowest BCUT2D eigenvalue weighted by molar-refractivity contribution is -0.119. The van der Waals surface area contributed by atoms with Crippen molar-refractivity contribution in [2.45, 2.75) is 19.9 Å². The SMILES string of the molecule is CC(C)C(=O)C1=C(O)C(=O)N(c2ccccc2)C1c1ccccc1. The Morgan fingerprint density at radius 3 is 2.08 bits per heavy atom. The van der Waals surface area contributed by atoms with E-state index in [0.29, 0.717) is 5.69 Å². The first-order chi connectivity index (χ1) is 11.5. The Morgan fingerprint density at radius 2 is 1.54 bits per heavy atom. The molecule has 0 aliphatic carbocycles. The van der Waals surface area contributed by atoms with E-state index in [2.05, 4.69) is 0 Å². The summed E-state index contributed by atoms with van der Waals surface area (Å²) in [4.78, 5) is 26.8. The molecule has 1 heterocycles. The number of anilines is 1. The van der Waals surface area contributed by atoms with Gasteiger partial charge in [0.15, 0.2) is 11.5 Å². The molecule has 0 saturated heterocycles. The number of aliphatic hydroxyl groups is 1. The molecule has 0 bridgehead atoms. The lowest BCUT2D eigenvalue weighted by Gasteiger charge is -2.27. The first-order valence-electron chi connectivity index (χ1n) is 7.93. The van der Waals surface area contributed by atoms with Crippen LogP contribution in [0.3, 0.4) is 0 Å². The number of carbonyl (C=O) groups is 2. The lowest BCUT2D eigenvalue weighted by Crippen LogP contribution is -2.31. The van der Waals surface area contributed by atoms with Gasteiger partial charge in [0.2, 0.25) is 0 Å². The van der Waals surface area contributed by atoms with Gasteiger partial charge in [-0.15, -0.1) is 0 Å². The van der Waals surface area contributed by atoms with Gasteiger partial charge in [-0.05, 0) is 17.7 Å². The summed E-state index contributed by atoms with van der Waals surface area (Å²) in [6.07, 6.45) is 0. The molecule has 4 heteroatoms. The number of Topliss-reactive ketones (excluding diaryl/α,β-unsaturated/α-hetero) is 1. The van der Waals surface area contributed by atoms with Gasteiger partial charge in [0.25, 0.3) is 5.91 Å². The lowest BCUT2D eigenvalue weighted by atomic mass is 9.91. The molecule has 2 aromatic carbocycles. The van der Waals surface area contributed by atoms with Crippen molar-refractivity contribution < 1.29 is 14.7 Å². The summed E-state index contributed by atoms with van der Waals surface area (Å²) in [7, 11) is 0. The van der Waals surface area contributed by atoms with Gasteiger partial charge in [-0.3, -0.25) is 14.5 Å². The zero-order valence-electron chi connectivity index (χ0n) is 13.6. The number of para-hydroxylation sites is 1. The van der Waals surface area contributed by atoms with Crippen LogP contribution in [0.2, 0.25) is 0 Å². The Bertz CT molecular complexity index is 794. The van der Waals surface area contributed by atoms with Crippen LogP contribution in [-0.2, 0) is 9.59 Å². The van der Waals surface area contributed by atoms with E-state index in [4.69, 9.17) is 0 Å². The van der Waals surface area contributed by atoms with Gasteiger partial charge in [-0.2, -0.15) is 0 Å². The van der Waals surface area contributed by atoms with Crippen LogP contribution in [0.25, 0.3) is 0 Å². The minimum atomic E-state index is -0.615. The van der Waals surface area contributed by atoms with E-state index in [1.54, 1.807) is 26.0 Å². The van der Waals surface area contributed by atoms with Crippen molar-refractivity contribution in [3.63, 3.8) is 0 Å². The van der Waals surface area contributed by atoms with Crippen molar-refractivity contribution >= 4 is 17.4 Å². The van der Waals surface area contributed by atoms with Crippen molar-refractivity contribution in [2.24, 2.45) is 5.92 Å². The smallest absolute Gasteiger partial charge is 0.294 e. The molecule has 1 aliphatic rings. The van der Waals surface area contributed by atoms with E-state index in [1.165, 1.54) is 4.90 Å². The van der Waals surface area contributed by atoms with Crippen molar-refractivity contribution in [1.29, 1.82) is 0 Å². The van der Waals surface area contributed by atoms with E-state index in [-0.39, 0.29) is 17.3 Å². The normalized spacial score (nSPS) is 17.7. The Morgan fingerprint density at radius 1 is 1.00 bits per heavy atom. The van der Waals surface area contributed by atoms with Gasteiger partial charge in [0, 0.05) is 11.6 Å². The first kappa shape index (κ1) is 16.0. The van der Waals surface area contributed by atoms with Crippen molar-refractivity contribution in [2.75, 3.05) is 4.90 Å². The number of ketones is 1. The van der Waals surface area contributed by atoms with Crippen LogP contribution in [0, 0.1) is 5.92 Å². The van der Waals surface area contributed by atoms with Crippen LogP contribution >= 0.6 is 0 Å². The van der Waals surface area contributed by atoms with Crippen LogP contribution in [0.4, 0.5) is 5.69 Å². The maximum absolute atomic E-state index is 12.7. The molecule has 1 amide bonds. The Labute approximate surface area is 141 Å². The van der Waals surface area contributed by atoms with E-state index >= 15 is 0 Å². The summed E-state index contributed by atoms with van der Waals surface area (Å²) in [5.41, 5.74) is 1.61. The highest BCUT2D eigenvalue weighted by Gasteiger charge is 2.44. The molecule has 1 N–H and O–H groups in total. The van der Waals surface area contributed by atoms with Gasteiger partial charge in [0.05, 0.1) is 11.6 Å². The van der Waals surface area contributed by atoms with Gasteiger partial charge < -0.3 is 5.11 Å². The Balaban J connectivity index is 2.18. The number of carbonyl (C=O) groups excluding carboxylic acids is 2. The Hall–Kier alpha value is -2.88. The molecule has 0 saturated carbocycles. The molecule has 0 fully saturated rings. The molecule has 24 heavy (non-hydrogen) atoms. The van der Waals surface area contributed by atoms with E-state index in [0.717, 1.165) is 5.56 Å². The number of hydrogen-bond acceptors (Lipinski definition) is 3. The van der Waals surface area contributed by atoms with Crippen LogP contribution in [0.5, 0.6) is 0 Å². The second-order valence-corrected chi connectivity index (χ2v) is 6.11. The summed E-state index contributed by atoms with van der Waals surface area (Å²) in [5, 5.41) is 10.4. The number of nitrogens with zero attached hydrogens (tertiary/aromatic N) is 1. The summed E-state index contributed by atoms with van der Waals surface area (Å²) < 4.78 is 0. The fourth-order valence-corrected chi connectivity index (χ4v) is 2.97. The molecule has 2 aromatic rings. The number of benzene rings is 2. The number of hydrogen-bond donors (Lipinski definition) is 1. The van der Waals surface area contributed by atoms with Gasteiger partial charge in [-0.25, -0.2) is 0 Å². The molecule has 1 aliphatic heterocycles. The minimum Gasteiger partial charge on any atom is -0.503 e. The van der Waals surface area contributed by atoms with E-state index in [1.807, 2.05) is 48.5 Å². The highest BCUT2D eigenvalue weighted by atomic mass is 16.3. The molecule has 0 spiro atoms. The van der Waals surface area contributed by atoms with E-state index in [9.17, 15) is 14.7 Å². The fraction of sp³-hybridized carbons (Fsp3) is 0.200. The Kier molecular flexibility index (Phi) is 4.21. The first-order valence-corrected chi connectivity index (χ1v) is 7.93. The van der Waals surface area contributed by atoms with Crippen LogP contribution in [-0.4, -0.2) is 16.8 Å². The highest BCUT2D eigenvalue weighted by molar-refractivity contribution is 6.16. The second-order valence-electron chi connectivity index (χ2n) is 6.11. The van der Waals surface area contributed by atoms with Crippen LogP contribution in [0.15, 0.2) is 72.0 Å². The van der Waals surface area contributed by atoms with Crippen molar-refractivity contribution in [1.82, 2.24) is 0 Å². The predicted molar refractivity (Wildman–Crippen MR) is 92.6 cm³/mol. The molecule has 0 radical (unpaired) electrons. The summed E-state index contributed by atoms with van der Waals surface area (Å²) >= 11 is 0. The fourth-order valence-electron chi connectivity index (χ4n) is 2.97. The maximum atomic E-state index is 12.7. The third kappa shape index (κ3) is 2.60. The molecule has 0 aromatic heterocycles. The van der Waals surface area contributed by atoms with Crippen LogP contribution < -0.4 is 4.90 Å². The summed E-state index contributed by atoms with van der Waals surface area (Å²) in [5.74, 6) is -1.52. The zero-order chi connectivity index (χ0) is 17.3. The van der Waals surface area contributed by atoms with Crippen LogP contribution in [0.1, 0.15) is 25.5 Å². The molecule has 3 rings (SSSR count). The number of rotatable bonds is 4. The van der Waals surface area contributed by atoms with Gasteiger partial charge in [-0.1, -0.05) is 62.4 Å². The predicted octanol–water partition coefficient (Wildman–Crippen LogP) is 3.81. The highest BCUT2D eigenvalue weighted by Crippen LogP contribution is 2.41. The van der Waals surface area contributed by atoms with Crippen molar-refractivity contribution in [3.05, 3.63) is 77.6 Å². The summed E-state index contributed by atoms with van der Waals surface area (Å²) in [6.45, 7) is 3.53. The largest absolute Gasteiger partial charge is 0.503 e. The molecule has 122 valence electrons. The monoisotopic (exact) mass is 321 g/mol. The second kappa shape index (κ2) is 6.32. The zero-order valence-corrected chi connectivity index (χ0v) is 13.6. The maximum Gasteiger partial charge on any atom is 0.294 e. The molecule has 1 atom stereocenters. The molecule has 4 nitrogen and oxygen atoms in total. The number of amides is 1. The summed E-state index contributed by atoms with van der Waals surface area (Å²) in [6, 6.07) is 17.8. The van der Waals surface area contributed by atoms with Crippen molar-refractivity contribution in [3.8, 4) is 0 Å². The average molecular weight is 321 g/mol. The molecular formula is C20H19NO3. The van der Waals surface area contributed by atoms with E-state index < -0.39 is 17.7 Å². The van der Waals surface area contributed by atoms with Gasteiger partial charge in [0.1, 0.15) is 0 Å². The minimum absolute atomic E-state index is 0.171. The molecule has 1 unspecified atom stereocenters. The standard InChI is InChI=1S/C20H19NO3/c1-13(2)18(22)16-17(14-9-5-3-6-10-14)21(20(24)19(16)23)15-11-7-4-8-12-15/h3-13,17,23H,1-2H3. The topological polar surface area (TPSA) is 57.6 Å². The average Bonchev–Trinajstić information content (AvgIpc) is 2.87. The van der Waals surface area contributed by atoms with Gasteiger partial charge >= 0.3 is 0 Å². The third-order valence-corrected chi connectivity index (χ3v) is 4.15. The molecular weight excluding hydrogens is 302 g/mol. The number of aliphatic hydroxyl groups excluding tert-OH is 1. The quantitative estimate of drug-likeness (QED) is 0.931.